The molecule has 1 aromatic carbocycles. The van der Waals surface area contributed by atoms with Crippen LogP contribution in [-0.4, -0.2) is 6.54 Å². The van der Waals surface area contributed by atoms with Crippen molar-refractivity contribution in [3.8, 4) is 0 Å². The van der Waals surface area contributed by atoms with Gasteiger partial charge >= 0.3 is 0 Å². The highest BCUT2D eigenvalue weighted by Gasteiger charge is 2.02. The van der Waals surface area contributed by atoms with Crippen LogP contribution in [0.3, 0.4) is 0 Å². The van der Waals surface area contributed by atoms with Crippen molar-refractivity contribution in [3.63, 3.8) is 0 Å². The van der Waals surface area contributed by atoms with Crippen molar-refractivity contribution in [2.45, 2.75) is 19.8 Å². The van der Waals surface area contributed by atoms with E-state index < -0.39 is 0 Å². The van der Waals surface area contributed by atoms with Crippen molar-refractivity contribution in [2.24, 2.45) is 5.73 Å². The van der Waals surface area contributed by atoms with Gasteiger partial charge in [0, 0.05) is 4.47 Å². The lowest BCUT2D eigenvalue weighted by Gasteiger charge is -2.05. The van der Waals surface area contributed by atoms with E-state index in [2.05, 4.69) is 22.0 Å². The van der Waals surface area contributed by atoms with Crippen LogP contribution in [-0.2, 0) is 6.42 Å². The Morgan fingerprint density at radius 3 is 2.93 bits per heavy atom. The molecule has 0 atom stereocenters. The van der Waals surface area contributed by atoms with E-state index in [4.69, 9.17) is 5.73 Å². The predicted molar refractivity (Wildman–Crippen MR) is 65.2 cm³/mol. The van der Waals surface area contributed by atoms with Gasteiger partial charge in [0.05, 0.1) is 0 Å². The second kappa shape index (κ2) is 6.03. The van der Waals surface area contributed by atoms with Crippen molar-refractivity contribution in [1.29, 1.82) is 0 Å². The molecule has 0 saturated heterocycles. The van der Waals surface area contributed by atoms with E-state index in [-0.39, 0.29) is 5.82 Å². The van der Waals surface area contributed by atoms with E-state index in [1.54, 1.807) is 12.1 Å². The Balaban J connectivity index is 2.75. The lowest BCUT2D eigenvalue weighted by atomic mass is 10.1. The molecule has 1 aromatic rings. The fourth-order valence-electron chi connectivity index (χ4n) is 1.38. The topological polar surface area (TPSA) is 26.0 Å². The molecule has 1 rings (SSSR count). The first-order valence-electron chi connectivity index (χ1n) is 4.93. The summed E-state index contributed by atoms with van der Waals surface area (Å²) in [5, 5.41) is 0. The largest absolute Gasteiger partial charge is 0.330 e. The third-order valence-electron chi connectivity index (χ3n) is 2.14. The van der Waals surface area contributed by atoms with Gasteiger partial charge in [0.25, 0.3) is 0 Å². The van der Waals surface area contributed by atoms with Gasteiger partial charge in [-0.05, 0) is 50.1 Å². The van der Waals surface area contributed by atoms with E-state index in [0.29, 0.717) is 6.54 Å². The van der Waals surface area contributed by atoms with Crippen molar-refractivity contribution in [1.82, 2.24) is 0 Å². The minimum Gasteiger partial charge on any atom is -0.330 e. The van der Waals surface area contributed by atoms with Crippen LogP contribution >= 0.6 is 15.9 Å². The number of benzene rings is 1. The Morgan fingerprint density at radius 1 is 1.53 bits per heavy atom. The highest BCUT2D eigenvalue weighted by Crippen LogP contribution is 2.20. The van der Waals surface area contributed by atoms with Gasteiger partial charge < -0.3 is 5.73 Å². The van der Waals surface area contributed by atoms with Crippen LogP contribution in [0.1, 0.15) is 18.9 Å². The maximum absolute atomic E-state index is 13.0. The fraction of sp³-hybridized carbons (Fsp3) is 0.333. The summed E-state index contributed by atoms with van der Waals surface area (Å²) in [4.78, 5) is 0. The lowest BCUT2D eigenvalue weighted by molar-refractivity contribution is 0.625. The number of nitrogens with two attached hydrogens (primary N) is 1. The Kier molecular flexibility index (Phi) is 4.99. The second-order valence-corrected chi connectivity index (χ2v) is 4.39. The Morgan fingerprint density at radius 2 is 2.27 bits per heavy atom. The van der Waals surface area contributed by atoms with Gasteiger partial charge in [-0.3, -0.25) is 0 Å². The van der Waals surface area contributed by atoms with E-state index in [1.807, 2.05) is 6.92 Å². The number of halogens is 2. The standard InChI is InChI=1S/C12H15BrFN/c1-9(3-2-6-15)7-10-8-11(14)4-5-12(10)13/h3-5,8H,2,6-7,15H2,1H3. The molecule has 15 heavy (non-hydrogen) atoms. The zero-order chi connectivity index (χ0) is 11.3. The first-order chi connectivity index (χ1) is 7.13. The van der Waals surface area contributed by atoms with Crippen LogP contribution in [0.2, 0.25) is 0 Å². The maximum Gasteiger partial charge on any atom is 0.123 e. The van der Waals surface area contributed by atoms with Crippen LogP contribution in [0.4, 0.5) is 4.39 Å². The molecular formula is C12H15BrFN. The normalized spacial score (nSPS) is 11.9. The number of hydrogen-bond donors (Lipinski definition) is 1. The number of allylic oxidation sites excluding steroid dienone is 1. The van der Waals surface area contributed by atoms with Gasteiger partial charge in [0.15, 0.2) is 0 Å². The van der Waals surface area contributed by atoms with E-state index >= 15 is 0 Å². The molecular weight excluding hydrogens is 257 g/mol. The average Bonchev–Trinajstić information content (AvgIpc) is 2.20. The molecule has 3 heteroatoms. The lowest BCUT2D eigenvalue weighted by Crippen LogP contribution is -1.97. The van der Waals surface area contributed by atoms with Crippen molar-refractivity contribution < 1.29 is 4.39 Å². The van der Waals surface area contributed by atoms with Crippen molar-refractivity contribution in [3.05, 3.63) is 45.7 Å². The van der Waals surface area contributed by atoms with Gasteiger partial charge in [-0.25, -0.2) is 4.39 Å². The molecule has 0 heterocycles. The van der Waals surface area contributed by atoms with Gasteiger partial charge in [0.1, 0.15) is 5.82 Å². The minimum atomic E-state index is -0.195. The van der Waals surface area contributed by atoms with Crippen LogP contribution in [0, 0.1) is 5.82 Å². The number of rotatable bonds is 4. The van der Waals surface area contributed by atoms with E-state index in [0.717, 1.165) is 22.9 Å². The molecule has 0 aliphatic heterocycles. The highest BCUT2D eigenvalue weighted by molar-refractivity contribution is 9.10. The molecule has 0 aliphatic rings. The summed E-state index contributed by atoms with van der Waals surface area (Å²) in [6.45, 7) is 2.69. The molecule has 0 bridgehead atoms. The van der Waals surface area contributed by atoms with Crippen molar-refractivity contribution >= 4 is 15.9 Å². The third kappa shape index (κ3) is 4.14. The molecule has 0 spiro atoms. The molecule has 1 nitrogen and oxygen atoms in total. The zero-order valence-corrected chi connectivity index (χ0v) is 10.3. The molecule has 82 valence electrons. The molecule has 0 radical (unpaired) electrons. The quantitative estimate of drug-likeness (QED) is 0.835. The first-order valence-corrected chi connectivity index (χ1v) is 5.72. The molecule has 0 unspecified atom stereocenters. The molecule has 0 saturated carbocycles. The van der Waals surface area contributed by atoms with Gasteiger partial charge in [-0.2, -0.15) is 0 Å². The van der Waals surface area contributed by atoms with Crippen LogP contribution in [0.15, 0.2) is 34.3 Å². The maximum atomic E-state index is 13.0. The smallest absolute Gasteiger partial charge is 0.123 e. The van der Waals surface area contributed by atoms with Gasteiger partial charge in [-0.1, -0.05) is 27.6 Å². The van der Waals surface area contributed by atoms with Crippen LogP contribution in [0.25, 0.3) is 0 Å². The first kappa shape index (κ1) is 12.4. The molecule has 0 fully saturated rings. The summed E-state index contributed by atoms with van der Waals surface area (Å²) in [6.07, 6.45) is 3.73. The highest BCUT2D eigenvalue weighted by atomic mass is 79.9. The van der Waals surface area contributed by atoms with Crippen molar-refractivity contribution in [2.75, 3.05) is 6.54 Å². The summed E-state index contributed by atoms with van der Waals surface area (Å²) in [7, 11) is 0. The molecule has 0 aromatic heterocycles. The SMILES string of the molecule is CC(=CCCN)Cc1cc(F)ccc1Br. The number of hydrogen-bond acceptors (Lipinski definition) is 1. The monoisotopic (exact) mass is 271 g/mol. The Bertz CT molecular complexity index is 361. The second-order valence-electron chi connectivity index (χ2n) is 3.54. The Hall–Kier alpha value is -0.670. The minimum absolute atomic E-state index is 0.195. The zero-order valence-electron chi connectivity index (χ0n) is 8.76. The summed E-state index contributed by atoms with van der Waals surface area (Å²) in [6, 6.07) is 4.75. The average molecular weight is 272 g/mol. The molecule has 0 aliphatic carbocycles. The van der Waals surface area contributed by atoms with E-state index in [9.17, 15) is 4.39 Å². The molecule has 2 N–H and O–H groups in total. The summed E-state index contributed by atoms with van der Waals surface area (Å²) >= 11 is 3.41. The predicted octanol–water partition coefficient (Wildman–Crippen LogP) is 3.43. The summed E-state index contributed by atoms with van der Waals surface area (Å²) < 4.78 is 13.9. The summed E-state index contributed by atoms with van der Waals surface area (Å²) in [5.74, 6) is -0.195. The van der Waals surface area contributed by atoms with Crippen LogP contribution in [0.5, 0.6) is 0 Å². The van der Waals surface area contributed by atoms with E-state index in [1.165, 1.54) is 11.6 Å². The molecule has 0 amide bonds. The third-order valence-corrected chi connectivity index (χ3v) is 2.91. The van der Waals surface area contributed by atoms with Gasteiger partial charge in [-0.15, -0.1) is 0 Å². The fourth-order valence-corrected chi connectivity index (χ4v) is 1.77. The van der Waals surface area contributed by atoms with Gasteiger partial charge in [0.2, 0.25) is 0 Å². The van der Waals surface area contributed by atoms with Crippen LogP contribution < -0.4 is 5.73 Å². The summed E-state index contributed by atoms with van der Waals surface area (Å²) in [5.41, 5.74) is 7.60. The Labute approximate surface area is 98.3 Å².